The number of hydrogen-bond acceptors (Lipinski definition) is 8. The van der Waals surface area contributed by atoms with Gasteiger partial charge >= 0.3 is 5.97 Å². The van der Waals surface area contributed by atoms with Gasteiger partial charge < -0.3 is 20.6 Å². The molecule has 1 atom stereocenters. The van der Waals surface area contributed by atoms with E-state index in [1.807, 2.05) is 4.90 Å². The van der Waals surface area contributed by atoms with Crippen LogP contribution in [-0.2, 0) is 14.8 Å². The highest BCUT2D eigenvalue weighted by atomic mass is 32.2. The Hall–Kier alpha value is -4.10. The van der Waals surface area contributed by atoms with Gasteiger partial charge in [0.2, 0.25) is 16.0 Å². The van der Waals surface area contributed by atoms with Crippen molar-refractivity contribution in [1.29, 1.82) is 0 Å². The van der Waals surface area contributed by atoms with Crippen molar-refractivity contribution in [2.45, 2.75) is 56.6 Å². The Morgan fingerprint density at radius 2 is 1.67 bits per heavy atom. The first-order valence-electron chi connectivity index (χ1n) is 13.5. The molecule has 2 aromatic carbocycles. The van der Waals surface area contributed by atoms with Crippen LogP contribution >= 0.6 is 0 Å². The first kappa shape index (κ1) is 30.8. The number of halogens is 1. The first-order chi connectivity index (χ1) is 19.8. The Morgan fingerprint density at radius 1 is 1.02 bits per heavy atom. The van der Waals surface area contributed by atoms with Crippen LogP contribution in [0.25, 0.3) is 0 Å². The van der Waals surface area contributed by atoms with Crippen molar-refractivity contribution in [2.24, 2.45) is 5.41 Å². The normalized spacial score (nSPS) is 16.0. The van der Waals surface area contributed by atoms with Gasteiger partial charge in [-0.2, -0.15) is 4.72 Å². The smallest absolute Gasteiger partial charge is 0.307 e. The zero-order valence-corrected chi connectivity index (χ0v) is 24.5. The molecule has 1 aliphatic heterocycles. The standard InChI is InChI=1S/C29H35FN6O5S/c1-28(2,3)29(19-25(37)38,35-42(40,41)22-8-5-4-6-9-22)34-26(39)20-10-11-24(23(30)18-20)36-16-12-21(13-17-36)33-27-31-14-7-15-32-27/h4-11,14-15,18,21,35H,12-13,16-17,19H2,1-3H3,(H,34,39)(H,37,38)(H,31,32,33). The molecule has 4 rings (SSSR count). The molecular formula is C29H35FN6O5S. The van der Waals surface area contributed by atoms with Crippen molar-refractivity contribution < 1.29 is 27.5 Å². The molecule has 42 heavy (non-hydrogen) atoms. The summed E-state index contributed by atoms with van der Waals surface area (Å²) in [5.41, 5.74) is -2.80. The topological polar surface area (TPSA) is 154 Å². The monoisotopic (exact) mass is 598 g/mol. The molecule has 11 nitrogen and oxygen atoms in total. The van der Waals surface area contributed by atoms with Crippen molar-refractivity contribution in [2.75, 3.05) is 23.3 Å². The van der Waals surface area contributed by atoms with E-state index in [9.17, 15) is 23.1 Å². The van der Waals surface area contributed by atoms with Crippen LogP contribution < -0.4 is 20.3 Å². The van der Waals surface area contributed by atoms with Crippen LogP contribution in [0.15, 0.2) is 71.9 Å². The molecule has 4 N–H and O–H groups in total. The summed E-state index contributed by atoms with van der Waals surface area (Å²) < 4.78 is 44.3. The zero-order valence-electron chi connectivity index (χ0n) is 23.7. The minimum absolute atomic E-state index is 0.0769. The molecular weight excluding hydrogens is 563 g/mol. The summed E-state index contributed by atoms with van der Waals surface area (Å²) in [5.74, 6) is -2.24. The van der Waals surface area contributed by atoms with Crippen LogP contribution in [-0.4, -0.2) is 60.2 Å². The predicted octanol–water partition coefficient (Wildman–Crippen LogP) is 3.62. The number of carbonyl (C=O) groups is 2. The van der Waals surface area contributed by atoms with E-state index in [2.05, 4.69) is 25.3 Å². The lowest BCUT2D eigenvalue weighted by Crippen LogP contribution is -2.68. The van der Waals surface area contributed by atoms with Crippen LogP contribution in [0.1, 0.15) is 50.4 Å². The summed E-state index contributed by atoms with van der Waals surface area (Å²) >= 11 is 0. The minimum Gasteiger partial charge on any atom is -0.481 e. The Labute approximate surface area is 244 Å². The maximum atomic E-state index is 15.3. The highest BCUT2D eigenvalue weighted by Crippen LogP contribution is 2.34. The molecule has 2 heterocycles. The van der Waals surface area contributed by atoms with Gasteiger partial charge in [0, 0.05) is 42.5 Å². The molecule has 1 fully saturated rings. The second kappa shape index (κ2) is 12.4. The molecule has 1 aromatic heterocycles. The van der Waals surface area contributed by atoms with Gasteiger partial charge in [0.1, 0.15) is 11.5 Å². The number of nitrogens with zero attached hydrogens (tertiary/aromatic N) is 3. The molecule has 0 aliphatic carbocycles. The molecule has 0 spiro atoms. The number of carboxylic acid groups (broad SMARTS) is 1. The number of sulfonamides is 1. The number of hydrogen-bond donors (Lipinski definition) is 4. The third kappa shape index (κ3) is 7.21. The van der Waals surface area contributed by atoms with Gasteiger partial charge in [-0.3, -0.25) is 9.59 Å². The number of aliphatic carboxylic acids is 1. The Kier molecular flexibility index (Phi) is 9.12. The largest absolute Gasteiger partial charge is 0.481 e. The lowest BCUT2D eigenvalue weighted by Gasteiger charge is -2.44. The van der Waals surface area contributed by atoms with E-state index in [1.165, 1.54) is 36.4 Å². The summed E-state index contributed by atoms with van der Waals surface area (Å²) in [4.78, 5) is 35.5. The van der Waals surface area contributed by atoms with Gasteiger partial charge in [-0.25, -0.2) is 22.8 Å². The fourth-order valence-electron chi connectivity index (χ4n) is 4.82. The number of rotatable bonds is 10. The van der Waals surface area contributed by atoms with E-state index in [4.69, 9.17) is 0 Å². The summed E-state index contributed by atoms with van der Waals surface area (Å²) in [6.45, 7) is 5.96. The number of anilines is 2. The average molecular weight is 599 g/mol. The second-order valence-corrected chi connectivity index (χ2v) is 12.9. The van der Waals surface area contributed by atoms with Crippen LogP contribution in [0, 0.1) is 11.2 Å². The van der Waals surface area contributed by atoms with Crippen molar-refractivity contribution in [1.82, 2.24) is 20.0 Å². The van der Waals surface area contributed by atoms with Crippen LogP contribution in [0.4, 0.5) is 16.0 Å². The van der Waals surface area contributed by atoms with Crippen molar-refractivity contribution in [3.8, 4) is 0 Å². The molecule has 1 amide bonds. The maximum absolute atomic E-state index is 15.3. The predicted molar refractivity (Wildman–Crippen MR) is 156 cm³/mol. The van der Waals surface area contributed by atoms with Gasteiger partial charge in [0.15, 0.2) is 0 Å². The highest BCUT2D eigenvalue weighted by molar-refractivity contribution is 7.89. The van der Waals surface area contributed by atoms with Crippen molar-refractivity contribution in [3.63, 3.8) is 0 Å². The number of nitrogens with one attached hydrogen (secondary N) is 3. The van der Waals surface area contributed by atoms with E-state index >= 15 is 4.39 Å². The fourth-order valence-corrected chi connectivity index (χ4v) is 6.34. The van der Waals surface area contributed by atoms with Gasteiger partial charge in [-0.1, -0.05) is 39.0 Å². The highest BCUT2D eigenvalue weighted by Gasteiger charge is 2.48. The van der Waals surface area contributed by atoms with E-state index in [0.717, 1.165) is 18.9 Å². The van der Waals surface area contributed by atoms with Crippen molar-refractivity contribution in [3.05, 3.63) is 78.4 Å². The third-order valence-corrected chi connectivity index (χ3v) is 8.84. The number of benzene rings is 2. The van der Waals surface area contributed by atoms with Gasteiger partial charge in [-0.05, 0) is 49.2 Å². The van der Waals surface area contributed by atoms with E-state index < -0.39 is 45.2 Å². The molecule has 1 aliphatic rings. The van der Waals surface area contributed by atoms with Crippen molar-refractivity contribution >= 4 is 33.5 Å². The minimum atomic E-state index is -4.25. The Bertz CT molecular complexity index is 1510. The summed E-state index contributed by atoms with van der Waals surface area (Å²) in [6.07, 6.45) is 4.01. The van der Waals surface area contributed by atoms with E-state index in [0.29, 0.717) is 24.7 Å². The molecule has 0 saturated carbocycles. The van der Waals surface area contributed by atoms with Crippen LogP contribution in [0.3, 0.4) is 0 Å². The number of aromatic nitrogens is 2. The zero-order chi connectivity index (χ0) is 30.5. The molecule has 1 saturated heterocycles. The lowest BCUT2D eigenvalue weighted by molar-refractivity contribution is -0.140. The summed E-state index contributed by atoms with van der Waals surface area (Å²) in [7, 11) is -4.25. The first-order valence-corrected chi connectivity index (χ1v) is 15.0. The summed E-state index contributed by atoms with van der Waals surface area (Å²) in [5, 5.41) is 15.6. The third-order valence-electron chi connectivity index (χ3n) is 7.33. The summed E-state index contributed by atoms with van der Waals surface area (Å²) in [6, 6.07) is 13.3. The fraction of sp³-hybridized carbons (Fsp3) is 0.379. The Balaban J connectivity index is 1.52. The molecule has 1 unspecified atom stereocenters. The van der Waals surface area contributed by atoms with E-state index in [-0.39, 0.29) is 16.5 Å². The maximum Gasteiger partial charge on any atom is 0.307 e. The molecule has 224 valence electrons. The van der Waals surface area contributed by atoms with Crippen LogP contribution in [0.2, 0.25) is 0 Å². The lowest BCUT2D eigenvalue weighted by atomic mass is 9.78. The quantitative estimate of drug-likeness (QED) is 0.256. The molecule has 13 heteroatoms. The van der Waals surface area contributed by atoms with Gasteiger partial charge in [0.05, 0.1) is 17.0 Å². The molecule has 0 radical (unpaired) electrons. The number of carboxylic acids is 1. The van der Waals surface area contributed by atoms with Gasteiger partial charge in [0.25, 0.3) is 5.91 Å². The van der Waals surface area contributed by atoms with Crippen LogP contribution in [0.5, 0.6) is 0 Å². The number of piperidine rings is 1. The molecule has 0 bridgehead atoms. The SMILES string of the molecule is CC(C)(C)C(CC(=O)O)(NC(=O)c1ccc(N2CCC(Nc3ncccn3)CC2)c(F)c1)NS(=O)(=O)c1ccccc1. The Morgan fingerprint density at radius 3 is 2.24 bits per heavy atom. The molecule has 3 aromatic rings. The second-order valence-electron chi connectivity index (χ2n) is 11.2. The van der Waals surface area contributed by atoms with E-state index in [1.54, 1.807) is 45.3 Å². The van der Waals surface area contributed by atoms with Gasteiger partial charge in [-0.15, -0.1) is 0 Å². The number of amides is 1. The number of carbonyl (C=O) groups excluding carboxylic acids is 1. The average Bonchev–Trinajstić information content (AvgIpc) is 2.93.